The average molecular weight is 212 g/mol. The lowest BCUT2D eigenvalue weighted by Gasteiger charge is -2.13. The normalized spacial score (nSPS) is 13.0. The van der Waals surface area contributed by atoms with E-state index in [1.54, 1.807) is 6.20 Å². The molecule has 1 unspecified atom stereocenters. The molecule has 4 nitrogen and oxygen atoms in total. The first-order chi connectivity index (χ1) is 7.27. The van der Waals surface area contributed by atoms with E-state index in [-0.39, 0.29) is 0 Å². The Morgan fingerprint density at radius 3 is 3.00 bits per heavy atom. The molecule has 0 fully saturated rings. The van der Waals surface area contributed by atoms with Gasteiger partial charge in [-0.3, -0.25) is 0 Å². The summed E-state index contributed by atoms with van der Waals surface area (Å²) in [5.41, 5.74) is 0. The molecule has 86 valence electrons. The van der Waals surface area contributed by atoms with Crippen molar-refractivity contribution in [2.45, 2.75) is 39.3 Å². The number of aliphatic hydroxyl groups is 1. The highest BCUT2D eigenvalue weighted by Gasteiger charge is 2.08. The first kappa shape index (κ1) is 12.2. The number of hydrogen-bond acceptors (Lipinski definition) is 3. The van der Waals surface area contributed by atoms with Crippen LogP contribution in [0.15, 0.2) is 12.4 Å². The van der Waals surface area contributed by atoms with E-state index in [1.807, 2.05) is 17.7 Å². The Bertz CT molecular complexity index is 273. The van der Waals surface area contributed by atoms with Crippen molar-refractivity contribution >= 4 is 0 Å². The van der Waals surface area contributed by atoms with Crippen LogP contribution < -0.4 is 0 Å². The Labute approximate surface area is 90.9 Å². The Morgan fingerprint density at radius 2 is 2.33 bits per heavy atom. The van der Waals surface area contributed by atoms with Gasteiger partial charge >= 0.3 is 0 Å². The smallest absolute Gasteiger partial charge is 0.108 e. The Kier molecular flexibility index (Phi) is 5.36. The minimum atomic E-state index is -0.449. The number of ether oxygens (including phenoxy) is 1. The van der Waals surface area contributed by atoms with Crippen LogP contribution in [0.4, 0.5) is 0 Å². The number of aromatic nitrogens is 2. The lowest BCUT2D eigenvalue weighted by Crippen LogP contribution is -2.22. The number of aryl methyl sites for hydroxylation is 1. The van der Waals surface area contributed by atoms with Gasteiger partial charge in [0.2, 0.25) is 0 Å². The summed E-state index contributed by atoms with van der Waals surface area (Å²) in [6.07, 6.45) is 5.25. The highest BCUT2D eigenvalue weighted by atomic mass is 16.5. The van der Waals surface area contributed by atoms with Crippen molar-refractivity contribution in [2.24, 2.45) is 0 Å². The number of nitrogens with zero attached hydrogens (tertiary/aromatic N) is 2. The van der Waals surface area contributed by atoms with E-state index in [2.05, 4.69) is 11.9 Å². The fourth-order valence-corrected chi connectivity index (χ4v) is 1.49. The quantitative estimate of drug-likeness (QED) is 0.739. The zero-order chi connectivity index (χ0) is 11.1. The molecule has 4 heteroatoms. The fraction of sp³-hybridized carbons (Fsp3) is 0.727. The van der Waals surface area contributed by atoms with Gasteiger partial charge in [-0.15, -0.1) is 0 Å². The van der Waals surface area contributed by atoms with Gasteiger partial charge in [-0.25, -0.2) is 4.98 Å². The average Bonchev–Trinajstić information content (AvgIpc) is 2.63. The van der Waals surface area contributed by atoms with E-state index in [0.29, 0.717) is 19.8 Å². The van der Waals surface area contributed by atoms with Gasteiger partial charge in [0.05, 0.1) is 19.3 Å². The SMILES string of the molecule is CCCc1nccn1CC(O)COCC. The summed E-state index contributed by atoms with van der Waals surface area (Å²) in [5, 5.41) is 9.67. The summed E-state index contributed by atoms with van der Waals surface area (Å²) in [5.74, 6) is 1.04. The minimum absolute atomic E-state index is 0.389. The van der Waals surface area contributed by atoms with Crippen LogP contribution in [0.2, 0.25) is 0 Å². The molecule has 0 amide bonds. The first-order valence-electron chi connectivity index (χ1n) is 5.53. The maximum absolute atomic E-state index is 9.67. The first-order valence-corrected chi connectivity index (χ1v) is 5.53. The summed E-state index contributed by atoms with van der Waals surface area (Å²) >= 11 is 0. The molecule has 0 aliphatic heterocycles. The fourth-order valence-electron chi connectivity index (χ4n) is 1.49. The third kappa shape index (κ3) is 4.01. The molecule has 0 aliphatic rings. The van der Waals surface area contributed by atoms with Crippen LogP contribution in [0.5, 0.6) is 0 Å². The Morgan fingerprint density at radius 1 is 1.53 bits per heavy atom. The lowest BCUT2D eigenvalue weighted by molar-refractivity contribution is 0.0331. The van der Waals surface area contributed by atoms with Crippen molar-refractivity contribution in [3.05, 3.63) is 18.2 Å². The third-order valence-corrected chi connectivity index (χ3v) is 2.20. The van der Waals surface area contributed by atoms with Crippen molar-refractivity contribution in [3.63, 3.8) is 0 Å². The third-order valence-electron chi connectivity index (χ3n) is 2.20. The molecule has 1 atom stereocenters. The molecule has 0 spiro atoms. The molecular formula is C11H20N2O2. The van der Waals surface area contributed by atoms with Crippen molar-refractivity contribution in [2.75, 3.05) is 13.2 Å². The van der Waals surface area contributed by atoms with Gasteiger partial charge in [0.25, 0.3) is 0 Å². The number of imidazole rings is 1. The maximum atomic E-state index is 9.67. The predicted molar refractivity (Wildman–Crippen MR) is 58.7 cm³/mol. The highest BCUT2D eigenvalue weighted by molar-refractivity contribution is 4.92. The zero-order valence-electron chi connectivity index (χ0n) is 9.52. The second-order valence-corrected chi connectivity index (χ2v) is 3.56. The van der Waals surface area contributed by atoms with Gasteiger partial charge in [0.15, 0.2) is 0 Å². The van der Waals surface area contributed by atoms with E-state index in [1.165, 1.54) is 0 Å². The number of hydrogen-bond donors (Lipinski definition) is 1. The number of rotatable bonds is 7. The van der Waals surface area contributed by atoms with Crippen LogP contribution in [0.25, 0.3) is 0 Å². The molecular weight excluding hydrogens is 192 g/mol. The van der Waals surface area contributed by atoms with Crippen molar-refractivity contribution < 1.29 is 9.84 Å². The van der Waals surface area contributed by atoms with Crippen LogP contribution in [0, 0.1) is 0 Å². The molecule has 1 aromatic heterocycles. The molecule has 0 radical (unpaired) electrons. The summed E-state index contributed by atoms with van der Waals surface area (Å²) in [7, 11) is 0. The summed E-state index contributed by atoms with van der Waals surface area (Å²) < 4.78 is 7.15. The van der Waals surface area contributed by atoms with Gasteiger partial charge in [-0.2, -0.15) is 0 Å². The van der Waals surface area contributed by atoms with E-state index >= 15 is 0 Å². The van der Waals surface area contributed by atoms with Crippen LogP contribution in [0.1, 0.15) is 26.1 Å². The van der Waals surface area contributed by atoms with Crippen LogP contribution in [0.3, 0.4) is 0 Å². The standard InChI is InChI=1S/C11H20N2O2/c1-3-5-11-12-6-7-13(11)8-10(14)9-15-4-2/h6-7,10,14H,3-5,8-9H2,1-2H3. The zero-order valence-corrected chi connectivity index (χ0v) is 9.52. The van der Waals surface area contributed by atoms with Crippen LogP contribution in [-0.2, 0) is 17.7 Å². The van der Waals surface area contributed by atoms with E-state index in [4.69, 9.17) is 4.74 Å². The molecule has 1 heterocycles. The predicted octanol–water partition coefficient (Wildman–Crippen LogP) is 1.23. The van der Waals surface area contributed by atoms with Crippen molar-refractivity contribution in [1.82, 2.24) is 9.55 Å². The molecule has 1 aromatic rings. The molecule has 0 bridgehead atoms. The molecule has 0 saturated heterocycles. The molecule has 1 N–H and O–H groups in total. The van der Waals surface area contributed by atoms with E-state index in [9.17, 15) is 5.11 Å². The van der Waals surface area contributed by atoms with Gasteiger partial charge in [-0.1, -0.05) is 6.92 Å². The Hall–Kier alpha value is -0.870. The van der Waals surface area contributed by atoms with Gasteiger partial charge < -0.3 is 14.4 Å². The Balaban J connectivity index is 2.44. The number of aliphatic hydroxyl groups excluding tert-OH is 1. The minimum Gasteiger partial charge on any atom is -0.389 e. The van der Waals surface area contributed by atoms with E-state index in [0.717, 1.165) is 18.7 Å². The molecule has 0 aliphatic carbocycles. The van der Waals surface area contributed by atoms with Crippen molar-refractivity contribution in [1.29, 1.82) is 0 Å². The van der Waals surface area contributed by atoms with Crippen LogP contribution in [-0.4, -0.2) is 34.0 Å². The maximum Gasteiger partial charge on any atom is 0.108 e. The second-order valence-electron chi connectivity index (χ2n) is 3.56. The van der Waals surface area contributed by atoms with Gasteiger partial charge in [0.1, 0.15) is 5.82 Å². The summed E-state index contributed by atoms with van der Waals surface area (Å²) in [6, 6.07) is 0. The largest absolute Gasteiger partial charge is 0.389 e. The summed E-state index contributed by atoms with van der Waals surface area (Å²) in [6.45, 7) is 5.64. The highest BCUT2D eigenvalue weighted by Crippen LogP contribution is 2.03. The second kappa shape index (κ2) is 6.58. The molecule has 0 saturated carbocycles. The van der Waals surface area contributed by atoms with Gasteiger partial charge in [-0.05, 0) is 13.3 Å². The summed E-state index contributed by atoms with van der Waals surface area (Å²) in [4.78, 5) is 4.25. The molecule has 0 aromatic carbocycles. The lowest BCUT2D eigenvalue weighted by atomic mass is 10.3. The van der Waals surface area contributed by atoms with E-state index < -0.39 is 6.10 Å². The van der Waals surface area contributed by atoms with Crippen molar-refractivity contribution in [3.8, 4) is 0 Å². The monoisotopic (exact) mass is 212 g/mol. The topological polar surface area (TPSA) is 47.3 Å². The molecule has 15 heavy (non-hydrogen) atoms. The van der Waals surface area contributed by atoms with Crippen LogP contribution >= 0.6 is 0 Å². The molecule has 1 rings (SSSR count). The van der Waals surface area contributed by atoms with Gasteiger partial charge in [0, 0.05) is 25.4 Å².